The number of likely N-dealkylation sites (tertiary alicyclic amines) is 1. The van der Waals surface area contributed by atoms with Crippen molar-refractivity contribution in [1.29, 1.82) is 0 Å². The van der Waals surface area contributed by atoms with Gasteiger partial charge in [-0.3, -0.25) is 34.2 Å². The van der Waals surface area contributed by atoms with Crippen molar-refractivity contribution in [2.24, 2.45) is 5.41 Å². The van der Waals surface area contributed by atoms with E-state index in [4.69, 9.17) is 18.2 Å². The molecule has 300 valence electrons. The van der Waals surface area contributed by atoms with Crippen LogP contribution in [0.1, 0.15) is 82.9 Å². The van der Waals surface area contributed by atoms with E-state index in [0.29, 0.717) is 35.9 Å². The zero-order valence-corrected chi connectivity index (χ0v) is 33.3. The Balaban J connectivity index is 0.721. The topological polar surface area (TPSA) is 130 Å². The molecule has 6 heterocycles. The quantitative estimate of drug-likeness (QED) is 0.243. The molecule has 14 heteroatoms. The Morgan fingerprint density at radius 2 is 1.52 bits per heavy atom. The van der Waals surface area contributed by atoms with Crippen molar-refractivity contribution in [2.75, 3.05) is 60.5 Å². The zero-order valence-electron chi connectivity index (χ0n) is 32.6. The fourth-order valence-electron chi connectivity index (χ4n) is 10.1. The summed E-state index contributed by atoms with van der Waals surface area (Å²) in [6, 6.07) is 19.1. The molecule has 2 N–H and O–H groups in total. The second kappa shape index (κ2) is 15.1. The van der Waals surface area contributed by atoms with Gasteiger partial charge in [0.25, 0.3) is 17.7 Å². The Morgan fingerprint density at radius 1 is 0.828 bits per heavy atom. The largest absolute Gasteiger partial charge is 0.371 e. The summed E-state index contributed by atoms with van der Waals surface area (Å²) in [6.07, 6.45) is 5.31. The normalized spacial score (nSPS) is 23.6. The van der Waals surface area contributed by atoms with Gasteiger partial charge in [0, 0.05) is 98.0 Å². The van der Waals surface area contributed by atoms with Gasteiger partial charge in [-0.25, -0.2) is 4.85 Å². The number of anilines is 3. The van der Waals surface area contributed by atoms with Gasteiger partial charge in [-0.15, -0.1) is 0 Å². The lowest BCUT2D eigenvalue weighted by molar-refractivity contribution is -0.136. The van der Waals surface area contributed by atoms with Gasteiger partial charge < -0.3 is 24.9 Å². The molecule has 9 rings (SSSR count). The molecule has 58 heavy (non-hydrogen) atoms. The van der Waals surface area contributed by atoms with Crippen LogP contribution >= 0.6 is 11.6 Å². The van der Waals surface area contributed by atoms with E-state index in [-0.39, 0.29) is 41.3 Å². The summed E-state index contributed by atoms with van der Waals surface area (Å²) >= 11 is 6.38. The number of imide groups is 2. The van der Waals surface area contributed by atoms with E-state index in [1.54, 1.807) is 12.1 Å². The molecule has 2 atom stereocenters. The highest BCUT2D eigenvalue weighted by Crippen LogP contribution is 2.46. The van der Waals surface area contributed by atoms with Crippen molar-refractivity contribution < 1.29 is 24.0 Å². The predicted molar refractivity (Wildman–Crippen MR) is 221 cm³/mol. The van der Waals surface area contributed by atoms with Crippen LogP contribution in [0.5, 0.6) is 0 Å². The van der Waals surface area contributed by atoms with Gasteiger partial charge in [0.1, 0.15) is 6.04 Å². The summed E-state index contributed by atoms with van der Waals surface area (Å²) in [4.78, 5) is 77.4. The highest BCUT2D eigenvalue weighted by Gasteiger charge is 2.46. The van der Waals surface area contributed by atoms with Crippen LogP contribution in [0, 0.1) is 12.0 Å². The standard InChI is InChI=1S/C44H47ClN8O5/c1-27-23-44(26-52(27)33-8-10-37(46-2)36(45)22-33)15-19-49(20-16-44)31-5-3-28(4-6-31)41(56)50-17-13-29(14-18-50)47-30-24-51(25-30)32-7-9-34-35(21-32)43(58)53(42(34)57)38-11-12-39(54)48-40(38)55/h3-10,21-22,27,29-30,38,47H,11-20,23-26H2,1H3,(H,48,54,55)/t27-,38?/m0/s1. The van der Waals surface area contributed by atoms with Gasteiger partial charge >= 0.3 is 0 Å². The van der Waals surface area contributed by atoms with Gasteiger partial charge in [-0.2, -0.15) is 0 Å². The molecule has 0 bridgehead atoms. The summed E-state index contributed by atoms with van der Waals surface area (Å²) in [5, 5.41) is 6.50. The van der Waals surface area contributed by atoms with E-state index in [1.165, 1.54) is 0 Å². The van der Waals surface area contributed by atoms with E-state index in [9.17, 15) is 24.0 Å². The van der Waals surface area contributed by atoms with Crippen LogP contribution in [0.2, 0.25) is 5.02 Å². The average molecular weight is 803 g/mol. The number of nitrogens with zero attached hydrogens (tertiary/aromatic N) is 6. The number of amides is 5. The molecular formula is C44H47ClN8O5. The Bertz CT molecular complexity index is 2220. The predicted octanol–water partition coefficient (Wildman–Crippen LogP) is 5.26. The van der Waals surface area contributed by atoms with Crippen molar-refractivity contribution in [1.82, 2.24) is 20.4 Å². The minimum Gasteiger partial charge on any atom is -0.371 e. The molecule has 0 aromatic heterocycles. The van der Waals surface area contributed by atoms with Crippen LogP contribution in [-0.2, 0) is 9.59 Å². The zero-order chi connectivity index (χ0) is 40.3. The Morgan fingerprint density at radius 3 is 2.21 bits per heavy atom. The Labute approximate surface area is 343 Å². The Kier molecular flexibility index (Phi) is 9.88. The van der Waals surface area contributed by atoms with Crippen LogP contribution in [0.15, 0.2) is 60.7 Å². The van der Waals surface area contributed by atoms with Crippen LogP contribution < -0.4 is 25.3 Å². The van der Waals surface area contributed by atoms with Crippen LogP contribution in [0.3, 0.4) is 0 Å². The Hall–Kier alpha value is -5.45. The van der Waals surface area contributed by atoms with E-state index < -0.39 is 29.7 Å². The molecule has 0 aliphatic carbocycles. The van der Waals surface area contributed by atoms with E-state index >= 15 is 0 Å². The lowest BCUT2D eigenvalue weighted by Crippen LogP contribution is -2.61. The molecule has 1 spiro atoms. The number of benzene rings is 3. The summed E-state index contributed by atoms with van der Waals surface area (Å²) in [5.41, 5.74) is 5.13. The molecule has 5 fully saturated rings. The second-order valence-corrected chi connectivity index (χ2v) is 17.4. The number of hydrogen-bond donors (Lipinski definition) is 2. The first-order valence-corrected chi connectivity index (χ1v) is 20.8. The monoisotopic (exact) mass is 802 g/mol. The minimum atomic E-state index is -0.980. The van der Waals surface area contributed by atoms with Crippen LogP contribution in [-0.4, -0.2) is 109 Å². The molecule has 3 aromatic carbocycles. The van der Waals surface area contributed by atoms with Crippen molar-refractivity contribution in [3.63, 3.8) is 0 Å². The van der Waals surface area contributed by atoms with Crippen molar-refractivity contribution in [2.45, 2.75) is 76.0 Å². The van der Waals surface area contributed by atoms with Gasteiger partial charge in [0.05, 0.1) is 17.7 Å². The molecule has 5 amide bonds. The lowest BCUT2D eigenvalue weighted by atomic mass is 9.76. The van der Waals surface area contributed by atoms with Gasteiger partial charge in [-0.05, 0) is 105 Å². The number of carbonyl (C=O) groups excluding carboxylic acids is 5. The molecule has 0 saturated carbocycles. The van der Waals surface area contributed by atoms with Crippen molar-refractivity contribution in [3.8, 4) is 0 Å². The fourth-order valence-corrected chi connectivity index (χ4v) is 10.3. The third-order valence-corrected chi connectivity index (χ3v) is 13.7. The maximum absolute atomic E-state index is 13.5. The average Bonchev–Trinajstić information content (AvgIpc) is 3.66. The van der Waals surface area contributed by atoms with E-state index in [1.807, 2.05) is 41.3 Å². The van der Waals surface area contributed by atoms with Gasteiger partial charge in [0.15, 0.2) is 0 Å². The highest BCUT2D eigenvalue weighted by molar-refractivity contribution is 6.33. The summed E-state index contributed by atoms with van der Waals surface area (Å²) in [7, 11) is 0. The second-order valence-electron chi connectivity index (χ2n) is 17.0. The maximum Gasteiger partial charge on any atom is 0.262 e. The fraction of sp³-hybridized carbons (Fsp3) is 0.455. The van der Waals surface area contributed by atoms with Crippen LogP contribution in [0.25, 0.3) is 4.85 Å². The smallest absolute Gasteiger partial charge is 0.262 e. The van der Waals surface area contributed by atoms with Crippen molar-refractivity contribution in [3.05, 3.63) is 93.8 Å². The molecular weight excluding hydrogens is 756 g/mol. The lowest BCUT2D eigenvalue weighted by Gasteiger charge is -2.44. The number of fused-ring (bicyclic) bond motifs is 1. The van der Waals surface area contributed by atoms with Crippen LogP contribution in [0.4, 0.5) is 22.7 Å². The van der Waals surface area contributed by atoms with Gasteiger partial charge in [0.2, 0.25) is 17.5 Å². The third kappa shape index (κ3) is 6.96. The highest BCUT2D eigenvalue weighted by atomic mass is 35.5. The third-order valence-electron chi connectivity index (χ3n) is 13.4. The number of hydrogen-bond acceptors (Lipinski definition) is 9. The molecule has 1 unspecified atom stereocenters. The van der Waals surface area contributed by atoms with Crippen molar-refractivity contribution >= 4 is 63.9 Å². The molecule has 0 radical (unpaired) electrons. The summed E-state index contributed by atoms with van der Waals surface area (Å²) in [5.74, 6) is -1.94. The summed E-state index contributed by atoms with van der Waals surface area (Å²) in [6.45, 7) is 15.4. The molecule has 6 aliphatic rings. The number of halogens is 1. The molecule has 3 aromatic rings. The number of nitrogens with one attached hydrogen (secondary N) is 2. The van der Waals surface area contributed by atoms with E-state index in [0.717, 1.165) is 92.4 Å². The molecule has 5 saturated heterocycles. The van der Waals surface area contributed by atoms with Gasteiger partial charge in [-0.1, -0.05) is 17.7 Å². The first-order valence-electron chi connectivity index (χ1n) is 20.4. The maximum atomic E-state index is 13.5. The summed E-state index contributed by atoms with van der Waals surface area (Å²) < 4.78 is 0. The van der Waals surface area contributed by atoms with E-state index in [2.05, 4.69) is 49.2 Å². The molecule has 6 aliphatic heterocycles. The first kappa shape index (κ1) is 38.1. The molecule has 13 nitrogen and oxygen atoms in total. The number of piperidine rings is 3. The first-order chi connectivity index (χ1) is 28.0. The number of rotatable bonds is 7. The SMILES string of the molecule is [C-]#[N+]c1ccc(N2CC3(CCN(c4ccc(C(=O)N5CCC(NC6CN(c7ccc8c(c7)C(=O)N(C7CCC(=O)NC7=O)C8=O)C6)CC5)cc4)CC3)C[C@@H]2C)cc1Cl. The minimum absolute atomic E-state index is 0.0720. The number of carbonyl (C=O) groups is 5.